The zero-order chi connectivity index (χ0) is 16.0. The predicted molar refractivity (Wildman–Crippen MR) is 90.6 cm³/mol. The Morgan fingerprint density at radius 3 is 1.67 bits per heavy atom. The van der Waals surface area contributed by atoms with Crippen molar-refractivity contribution < 1.29 is 13.3 Å². The summed E-state index contributed by atoms with van der Waals surface area (Å²) in [6.45, 7) is 15.9. The Kier molecular flexibility index (Phi) is 6.81. The molecule has 0 fully saturated rings. The van der Waals surface area contributed by atoms with E-state index in [0.717, 1.165) is 10.8 Å². The van der Waals surface area contributed by atoms with E-state index in [0.29, 0.717) is 0 Å². The molecule has 0 heterocycles. The smallest absolute Gasteiger partial charge is 0.367 e. The first kappa shape index (κ1) is 18.1. The Balaban J connectivity index is 3.40. The van der Waals surface area contributed by atoms with Crippen LogP contribution in [0.4, 0.5) is 0 Å². The Bertz CT molecular complexity index is 429. The maximum Gasteiger partial charge on any atom is 0.538 e. The summed E-state index contributed by atoms with van der Waals surface area (Å²) >= 11 is 0. The van der Waals surface area contributed by atoms with Gasteiger partial charge >= 0.3 is 8.80 Å². The van der Waals surface area contributed by atoms with E-state index < -0.39 is 8.80 Å². The van der Waals surface area contributed by atoms with Gasteiger partial charge in [0.2, 0.25) is 0 Å². The molecule has 0 saturated carbocycles. The van der Waals surface area contributed by atoms with Crippen LogP contribution in [0.1, 0.15) is 47.1 Å². The molecule has 118 valence electrons. The van der Waals surface area contributed by atoms with E-state index in [-0.39, 0.29) is 18.3 Å². The third-order valence-corrected chi connectivity index (χ3v) is 6.14. The molecule has 0 aliphatic heterocycles. The molecule has 1 aromatic rings. The molecule has 0 unspecified atom stereocenters. The van der Waals surface area contributed by atoms with E-state index in [1.807, 2.05) is 71.9 Å². The van der Waals surface area contributed by atoms with Crippen LogP contribution in [-0.2, 0) is 13.3 Å². The first-order valence-corrected chi connectivity index (χ1v) is 9.28. The van der Waals surface area contributed by atoms with Crippen LogP contribution in [0.15, 0.2) is 30.8 Å². The molecule has 21 heavy (non-hydrogen) atoms. The topological polar surface area (TPSA) is 27.7 Å². The van der Waals surface area contributed by atoms with E-state index in [2.05, 4.69) is 6.58 Å². The number of rotatable bonds is 8. The Labute approximate surface area is 130 Å². The number of hydrogen-bond acceptors (Lipinski definition) is 3. The van der Waals surface area contributed by atoms with Gasteiger partial charge in [-0.3, -0.25) is 0 Å². The quantitative estimate of drug-likeness (QED) is 0.685. The van der Waals surface area contributed by atoms with Gasteiger partial charge in [0.1, 0.15) is 0 Å². The molecule has 0 aliphatic rings. The molecule has 0 atom stereocenters. The first-order chi connectivity index (χ1) is 9.80. The lowest BCUT2D eigenvalue weighted by atomic mass is 10.2. The van der Waals surface area contributed by atoms with Crippen molar-refractivity contribution in [2.75, 3.05) is 0 Å². The first-order valence-electron chi connectivity index (χ1n) is 7.56. The second-order valence-electron chi connectivity index (χ2n) is 5.85. The summed E-state index contributed by atoms with van der Waals surface area (Å²) in [5.41, 5.74) is 1.01. The largest absolute Gasteiger partial charge is 0.538 e. The summed E-state index contributed by atoms with van der Waals surface area (Å²) in [5, 5.41) is 0.983. The van der Waals surface area contributed by atoms with Crippen molar-refractivity contribution in [1.82, 2.24) is 0 Å². The van der Waals surface area contributed by atoms with Gasteiger partial charge in [0.15, 0.2) is 0 Å². The maximum atomic E-state index is 6.23. The van der Waals surface area contributed by atoms with Gasteiger partial charge in [-0.15, -0.1) is 0 Å². The molecule has 1 aromatic carbocycles. The van der Waals surface area contributed by atoms with Crippen LogP contribution in [0.5, 0.6) is 0 Å². The van der Waals surface area contributed by atoms with Crippen molar-refractivity contribution in [3.05, 3.63) is 36.4 Å². The van der Waals surface area contributed by atoms with Gasteiger partial charge in [0.05, 0.1) is 0 Å². The fourth-order valence-electron chi connectivity index (χ4n) is 2.16. The second-order valence-corrected chi connectivity index (χ2v) is 8.21. The maximum absolute atomic E-state index is 6.23. The molecule has 3 nitrogen and oxygen atoms in total. The molecule has 0 N–H and O–H groups in total. The number of hydrogen-bond donors (Lipinski definition) is 0. The van der Waals surface area contributed by atoms with E-state index in [4.69, 9.17) is 13.3 Å². The highest BCUT2D eigenvalue weighted by atomic mass is 28.4. The van der Waals surface area contributed by atoms with Crippen LogP contribution in [-0.4, -0.2) is 27.1 Å². The van der Waals surface area contributed by atoms with Crippen molar-refractivity contribution >= 4 is 20.1 Å². The van der Waals surface area contributed by atoms with E-state index >= 15 is 0 Å². The van der Waals surface area contributed by atoms with E-state index in [9.17, 15) is 0 Å². The zero-order valence-electron chi connectivity index (χ0n) is 14.1. The van der Waals surface area contributed by atoms with Crippen LogP contribution in [0.3, 0.4) is 0 Å². The second kappa shape index (κ2) is 7.89. The molecule has 4 heteroatoms. The van der Waals surface area contributed by atoms with Gasteiger partial charge in [0, 0.05) is 23.5 Å². The van der Waals surface area contributed by atoms with Gasteiger partial charge in [-0.2, -0.15) is 0 Å². The molecule has 0 spiro atoms. The molecule has 0 aromatic heterocycles. The van der Waals surface area contributed by atoms with Crippen molar-refractivity contribution in [2.45, 2.75) is 59.9 Å². The molecule has 0 bridgehead atoms. The monoisotopic (exact) mass is 308 g/mol. The van der Waals surface area contributed by atoms with Crippen molar-refractivity contribution in [3.63, 3.8) is 0 Å². The summed E-state index contributed by atoms with van der Waals surface area (Å²) in [6.07, 6.45) is 1.89. The molecule has 0 aliphatic carbocycles. The third-order valence-electron chi connectivity index (χ3n) is 2.68. The van der Waals surface area contributed by atoms with Crippen LogP contribution < -0.4 is 5.19 Å². The highest BCUT2D eigenvalue weighted by molar-refractivity contribution is 6.76. The minimum absolute atomic E-state index is 0.0204. The van der Waals surface area contributed by atoms with Crippen molar-refractivity contribution in [1.29, 1.82) is 0 Å². The minimum atomic E-state index is -3.00. The average Bonchev–Trinajstić information content (AvgIpc) is 2.36. The van der Waals surface area contributed by atoms with Gasteiger partial charge in [-0.05, 0) is 47.1 Å². The van der Waals surface area contributed by atoms with Gasteiger partial charge in [-0.1, -0.05) is 36.9 Å². The third kappa shape index (κ3) is 5.07. The standard InChI is InChI=1S/C17H28O3Si/c1-8-16-11-9-10-12-17(16)21(18-13(2)3,19-14(4)5)20-15(6)7/h8-15H,1H2,2-7H3. The molecule has 0 saturated heterocycles. The summed E-state index contributed by atoms with van der Waals surface area (Å²) in [4.78, 5) is 0. The lowest BCUT2D eigenvalue weighted by Gasteiger charge is -2.35. The fraction of sp³-hybridized carbons (Fsp3) is 0.529. The van der Waals surface area contributed by atoms with E-state index in [1.54, 1.807) is 0 Å². The summed E-state index contributed by atoms with van der Waals surface area (Å²) in [5.74, 6) is 0. The molecule has 0 radical (unpaired) electrons. The van der Waals surface area contributed by atoms with Gasteiger partial charge < -0.3 is 13.3 Å². The Hall–Kier alpha value is -0.943. The summed E-state index contributed by atoms with van der Waals surface area (Å²) in [6, 6.07) is 8.01. The molecular formula is C17H28O3Si. The normalized spacial score (nSPS) is 12.4. The lowest BCUT2D eigenvalue weighted by Crippen LogP contribution is -2.60. The average molecular weight is 308 g/mol. The summed E-state index contributed by atoms with van der Waals surface area (Å²) < 4.78 is 18.7. The van der Waals surface area contributed by atoms with Crippen LogP contribution in [0, 0.1) is 0 Å². The molecule has 1 rings (SSSR count). The Morgan fingerprint density at radius 2 is 1.29 bits per heavy atom. The highest BCUT2D eigenvalue weighted by Crippen LogP contribution is 2.20. The highest BCUT2D eigenvalue weighted by Gasteiger charge is 2.47. The van der Waals surface area contributed by atoms with Crippen LogP contribution in [0.25, 0.3) is 6.08 Å². The fourth-order valence-corrected chi connectivity index (χ4v) is 5.41. The number of benzene rings is 1. The van der Waals surface area contributed by atoms with Gasteiger partial charge in [-0.25, -0.2) is 0 Å². The zero-order valence-corrected chi connectivity index (χ0v) is 15.1. The minimum Gasteiger partial charge on any atom is -0.367 e. The van der Waals surface area contributed by atoms with Crippen molar-refractivity contribution in [3.8, 4) is 0 Å². The van der Waals surface area contributed by atoms with Crippen molar-refractivity contribution in [2.24, 2.45) is 0 Å². The Morgan fingerprint density at radius 1 is 0.857 bits per heavy atom. The predicted octanol–water partition coefficient (Wildman–Crippen LogP) is 3.75. The van der Waals surface area contributed by atoms with Crippen LogP contribution in [0.2, 0.25) is 0 Å². The SMILES string of the molecule is C=Cc1ccccc1[Si](OC(C)C)(OC(C)C)OC(C)C. The molecule has 0 amide bonds. The summed E-state index contributed by atoms with van der Waals surface area (Å²) in [7, 11) is -3.00. The lowest BCUT2D eigenvalue weighted by molar-refractivity contribution is 0.0153. The van der Waals surface area contributed by atoms with Gasteiger partial charge in [0.25, 0.3) is 0 Å². The molecular weight excluding hydrogens is 280 g/mol. The van der Waals surface area contributed by atoms with Crippen LogP contribution >= 0.6 is 0 Å². The van der Waals surface area contributed by atoms with E-state index in [1.165, 1.54) is 0 Å².